The lowest BCUT2D eigenvalue weighted by molar-refractivity contribution is -0.151. The number of carboxylic acids is 1. The third-order valence-corrected chi connectivity index (χ3v) is 3.26. The maximum atomic E-state index is 11.7. The molecular weight excluding hydrogens is 316 g/mol. The van der Waals surface area contributed by atoms with Gasteiger partial charge < -0.3 is 24.4 Å². The van der Waals surface area contributed by atoms with Gasteiger partial charge >= 0.3 is 11.9 Å². The third kappa shape index (κ3) is 7.72. The minimum atomic E-state index is -1.07. The lowest BCUT2D eigenvalue weighted by atomic mass is 10.1. The first-order valence-corrected chi connectivity index (χ1v) is 7.91. The Morgan fingerprint density at radius 3 is 2.50 bits per heavy atom. The quantitative estimate of drug-likeness (QED) is 0.512. The zero-order valence-electron chi connectivity index (χ0n) is 14.5. The van der Waals surface area contributed by atoms with Gasteiger partial charge in [-0.3, -0.25) is 0 Å². The van der Waals surface area contributed by atoms with Crippen LogP contribution >= 0.6 is 0 Å². The maximum Gasteiger partial charge on any atom is 0.330 e. The van der Waals surface area contributed by atoms with Gasteiger partial charge in [-0.1, -0.05) is 6.08 Å². The Hall–Kier alpha value is -1.70. The van der Waals surface area contributed by atoms with Crippen molar-refractivity contribution in [2.75, 3.05) is 0 Å². The number of aliphatic hydroxyl groups excluding tert-OH is 1. The van der Waals surface area contributed by atoms with E-state index in [4.69, 9.17) is 24.4 Å². The molecule has 0 aliphatic carbocycles. The van der Waals surface area contributed by atoms with Crippen LogP contribution in [0.5, 0.6) is 0 Å². The second kappa shape index (κ2) is 8.96. The van der Waals surface area contributed by atoms with Crippen LogP contribution in [0, 0.1) is 0 Å². The molecule has 4 atom stereocenters. The summed E-state index contributed by atoms with van der Waals surface area (Å²) in [5, 5.41) is 17.9. The number of hydrogen-bond donors (Lipinski definition) is 2. The summed E-state index contributed by atoms with van der Waals surface area (Å²) in [5.74, 6) is -2.40. The first-order valence-electron chi connectivity index (χ1n) is 7.91. The van der Waals surface area contributed by atoms with E-state index in [1.54, 1.807) is 33.8 Å². The van der Waals surface area contributed by atoms with E-state index in [1.807, 2.05) is 0 Å². The van der Waals surface area contributed by atoms with Gasteiger partial charge in [0.25, 0.3) is 0 Å². The van der Waals surface area contributed by atoms with Crippen molar-refractivity contribution < 1.29 is 34.0 Å². The van der Waals surface area contributed by atoms with Gasteiger partial charge in [0.15, 0.2) is 5.79 Å². The van der Waals surface area contributed by atoms with Crippen molar-refractivity contribution in [2.45, 2.75) is 70.7 Å². The molecule has 0 aromatic heterocycles. The van der Waals surface area contributed by atoms with E-state index >= 15 is 0 Å². The monoisotopic (exact) mass is 342 g/mol. The Morgan fingerprint density at radius 2 is 1.92 bits per heavy atom. The first kappa shape index (κ1) is 20.3. The lowest BCUT2D eigenvalue weighted by Gasteiger charge is -2.19. The molecule has 2 N–H and O–H groups in total. The van der Waals surface area contributed by atoms with Gasteiger partial charge in [-0.2, -0.15) is 0 Å². The van der Waals surface area contributed by atoms with Crippen LogP contribution in [0.1, 0.15) is 40.5 Å². The summed E-state index contributed by atoms with van der Waals surface area (Å²) in [6.07, 6.45) is 4.13. The molecule has 0 unspecified atom stereocenters. The Bertz CT molecular complexity index is 493. The van der Waals surface area contributed by atoms with Crippen LogP contribution in [0.3, 0.4) is 0 Å². The van der Waals surface area contributed by atoms with Crippen molar-refractivity contribution in [3.05, 3.63) is 24.3 Å². The van der Waals surface area contributed by atoms with Crippen molar-refractivity contribution >= 4 is 11.9 Å². The van der Waals surface area contributed by atoms with Crippen LogP contribution < -0.4 is 0 Å². The summed E-state index contributed by atoms with van der Waals surface area (Å²) in [6, 6.07) is 0. The van der Waals surface area contributed by atoms with Gasteiger partial charge in [0.05, 0.1) is 12.2 Å². The van der Waals surface area contributed by atoms with E-state index in [2.05, 4.69) is 0 Å². The molecule has 0 amide bonds. The molecule has 1 aliphatic rings. The van der Waals surface area contributed by atoms with E-state index in [9.17, 15) is 9.59 Å². The van der Waals surface area contributed by atoms with E-state index in [1.165, 1.54) is 12.2 Å². The summed E-state index contributed by atoms with van der Waals surface area (Å²) in [5.41, 5.74) is 0. The summed E-state index contributed by atoms with van der Waals surface area (Å²) in [7, 11) is 0. The Labute approximate surface area is 141 Å². The molecule has 0 spiro atoms. The average molecular weight is 342 g/mol. The summed E-state index contributed by atoms with van der Waals surface area (Å²) < 4.78 is 16.7. The van der Waals surface area contributed by atoms with Crippen LogP contribution in [0.25, 0.3) is 0 Å². The highest BCUT2D eigenvalue weighted by Gasteiger charge is 2.40. The molecule has 1 heterocycles. The van der Waals surface area contributed by atoms with Crippen LogP contribution in [0.4, 0.5) is 0 Å². The molecule has 0 bridgehead atoms. The molecule has 7 heteroatoms. The minimum absolute atomic E-state index is 0.369. The predicted octanol–water partition coefficient (Wildman–Crippen LogP) is 1.80. The molecule has 136 valence electrons. The van der Waals surface area contributed by atoms with E-state index in [0.717, 1.165) is 6.08 Å². The maximum absolute atomic E-state index is 11.7. The van der Waals surface area contributed by atoms with E-state index in [0.29, 0.717) is 12.8 Å². The van der Waals surface area contributed by atoms with Gasteiger partial charge in [0.1, 0.15) is 12.2 Å². The molecule has 1 aliphatic heterocycles. The molecule has 1 fully saturated rings. The topological polar surface area (TPSA) is 102 Å². The van der Waals surface area contributed by atoms with Crippen molar-refractivity contribution in [3.63, 3.8) is 0 Å². The number of carbonyl (C=O) groups excluding carboxylic acids is 1. The molecule has 1 rings (SSSR count). The van der Waals surface area contributed by atoms with Gasteiger partial charge in [-0.25, -0.2) is 9.59 Å². The number of carboxylic acid groups (broad SMARTS) is 1. The molecule has 0 aromatic rings. The number of aliphatic carboxylic acids is 1. The second-order valence-electron chi connectivity index (χ2n) is 6.31. The van der Waals surface area contributed by atoms with Gasteiger partial charge in [-0.15, -0.1) is 0 Å². The normalized spacial score (nSPS) is 25.9. The highest BCUT2D eigenvalue weighted by molar-refractivity contribution is 5.82. The zero-order valence-corrected chi connectivity index (χ0v) is 14.5. The minimum Gasteiger partial charge on any atom is -0.478 e. The molecule has 0 radical (unpaired) electrons. The molecule has 1 saturated heterocycles. The van der Waals surface area contributed by atoms with Crippen molar-refractivity contribution in [1.29, 1.82) is 0 Å². The van der Waals surface area contributed by atoms with Crippen LogP contribution in [0.15, 0.2) is 24.3 Å². The number of ether oxygens (including phenoxy) is 3. The molecular formula is C17H26O7. The fourth-order valence-corrected chi connectivity index (χ4v) is 2.36. The Balaban J connectivity index is 2.56. The summed E-state index contributed by atoms with van der Waals surface area (Å²) in [6.45, 7) is 6.84. The van der Waals surface area contributed by atoms with Crippen molar-refractivity contribution in [1.82, 2.24) is 0 Å². The number of esters is 1. The summed E-state index contributed by atoms with van der Waals surface area (Å²) in [4.78, 5) is 22.3. The molecule has 7 nitrogen and oxygen atoms in total. The summed E-state index contributed by atoms with van der Waals surface area (Å²) >= 11 is 0. The SMILES string of the molecule is C[C@H](O)C/C=C/C(=O)O[C@H](C)C[C@H]1OC(C)(C)O[C@@H]1/C=C/C(=O)O. The number of carbonyl (C=O) groups is 2. The van der Waals surface area contributed by atoms with E-state index < -0.39 is 42.1 Å². The number of aliphatic hydroxyl groups is 1. The van der Waals surface area contributed by atoms with Gasteiger partial charge in [0.2, 0.25) is 0 Å². The third-order valence-electron chi connectivity index (χ3n) is 3.26. The van der Waals surface area contributed by atoms with E-state index in [-0.39, 0.29) is 0 Å². The predicted molar refractivity (Wildman–Crippen MR) is 86.2 cm³/mol. The van der Waals surface area contributed by atoms with Crippen molar-refractivity contribution in [3.8, 4) is 0 Å². The van der Waals surface area contributed by atoms with Crippen LogP contribution in [-0.4, -0.2) is 52.4 Å². The second-order valence-corrected chi connectivity index (χ2v) is 6.31. The smallest absolute Gasteiger partial charge is 0.330 e. The lowest BCUT2D eigenvalue weighted by Crippen LogP contribution is -2.27. The molecule has 24 heavy (non-hydrogen) atoms. The fraction of sp³-hybridized carbons (Fsp3) is 0.647. The number of hydrogen-bond acceptors (Lipinski definition) is 6. The standard InChI is InChI=1S/C17H26O7/c1-11(18)6-5-7-16(21)22-12(2)10-14-13(8-9-15(19)20)23-17(3,4)24-14/h5,7-9,11-14,18H,6,10H2,1-4H3,(H,19,20)/b7-5+,9-8+/t11-,12+,13+,14+/m0/s1. The largest absolute Gasteiger partial charge is 0.478 e. The Morgan fingerprint density at radius 1 is 1.25 bits per heavy atom. The highest BCUT2D eigenvalue weighted by atomic mass is 16.8. The first-order chi connectivity index (χ1) is 11.1. The highest BCUT2D eigenvalue weighted by Crippen LogP contribution is 2.31. The van der Waals surface area contributed by atoms with Crippen LogP contribution in [0.2, 0.25) is 0 Å². The van der Waals surface area contributed by atoms with Gasteiger partial charge in [-0.05, 0) is 40.2 Å². The van der Waals surface area contributed by atoms with Crippen LogP contribution in [-0.2, 0) is 23.8 Å². The molecule has 0 aromatic carbocycles. The molecule has 0 saturated carbocycles. The van der Waals surface area contributed by atoms with Crippen molar-refractivity contribution in [2.24, 2.45) is 0 Å². The number of rotatable bonds is 8. The van der Waals surface area contributed by atoms with Gasteiger partial charge in [0, 0.05) is 18.6 Å². The Kier molecular flexibility index (Phi) is 7.59. The average Bonchev–Trinajstić information content (AvgIpc) is 2.69. The zero-order chi connectivity index (χ0) is 18.3. The fourth-order valence-electron chi connectivity index (χ4n) is 2.36.